The van der Waals surface area contributed by atoms with E-state index in [1.807, 2.05) is 0 Å². The molecule has 0 aromatic carbocycles. The summed E-state index contributed by atoms with van der Waals surface area (Å²) in [5.74, 6) is -1.27. The summed E-state index contributed by atoms with van der Waals surface area (Å²) in [5.41, 5.74) is 0.885. The largest absolute Gasteiger partial charge is 0.480 e. The molecule has 5 heteroatoms. The predicted molar refractivity (Wildman–Crippen MR) is 51.6 cm³/mol. The molecule has 1 aliphatic carbocycles. The van der Waals surface area contributed by atoms with Crippen molar-refractivity contribution in [2.24, 2.45) is 5.92 Å². The van der Waals surface area contributed by atoms with Crippen LogP contribution in [-0.2, 0) is 4.79 Å². The Morgan fingerprint density at radius 2 is 2.00 bits per heavy atom. The average molecular weight is 211 g/mol. The first-order valence-corrected chi connectivity index (χ1v) is 4.94. The SMILES string of the molecule is C=C1C[C@@H]2CC[C@H]1[C@@H](C(=O)O)N2C(=O)O. The molecule has 2 saturated heterocycles. The molecular formula is C10H13NO4. The van der Waals surface area contributed by atoms with Crippen molar-refractivity contribution in [2.45, 2.75) is 31.3 Å². The number of hydrogen-bond donors (Lipinski definition) is 2. The lowest BCUT2D eigenvalue weighted by Gasteiger charge is -2.49. The minimum Gasteiger partial charge on any atom is -0.480 e. The van der Waals surface area contributed by atoms with E-state index in [1.165, 1.54) is 0 Å². The molecule has 82 valence electrons. The molecule has 3 fully saturated rings. The Morgan fingerprint density at radius 1 is 1.33 bits per heavy atom. The molecule has 0 radical (unpaired) electrons. The summed E-state index contributed by atoms with van der Waals surface area (Å²) in [4.78, 5) is 23.1. The molecule has 15 heavy (non-hydrogen) atoms. The minimum absolute atomic E-state index is 0.193. The lowest BCUT2D eigenvalue weighted by molar-refractivity contribution is -0.148. The van der Waals surface area contributed by atoms with Crippen LogP contribution in [0.5, 0.6) is 0 Å². The maximum Gasteiger partial charge on any atom is 0.408 e. The van der Waals surface area contributed by atoms with E-state index in [1.54, 1.807) is 0 Å². The van der Waals surface area contributed by atoms with Gasteiger partial charge in [-0.3, -0.25) is 4.90 Å². The number of aliphatic carboxylic acids is 1. The Hall–Kier alpha value is -1.52. The van der Waals surface area contributed by atoms with Crippen molar-refractivity contribution in [1.29, 1.82) is 0 Å². The molecular weight excluding hydrogens is 198 g/mol. The zero-order valence-corrected chi connectivity index (χ0v) is 8.22. The van der Waals surface area contributed by atoms with Crippen molar-refractivity contribution in [1.82, 2.24) is 4.90 Å². The van der Waals surface area contributed by atoms with Crippen LogP contribution in [0.3, 0.4) is 0 Å². The Labute approximate surface area is 87.0 Å². The highest BCUT2D eigenvalue weighted by atomic mass is 16.4. The number of amides is 1. The van der Waals surface area contributed by atoms with Gasteiger partial charge in [0.25, 0.3) is 0 Å². The molecule has 5 nitrogen and oxygen atoms in total. The topological polar surface area (TPSA) is 77.8 Å². The fourth-order valence-corrected chi connectivity index (χ4v) is 2.74. The van der Waals surface area contributed by atoms with Gasteiger partial charge in [0.15, 0.2) is 0 Å². The fourth-order valence-electron chi connectivity index (χ4n) is 2.74. The van der Waals surface area contributed by atoms with Gasteiger partial charge in [0.1, 0.15) is 6.04 Å². The van der Waals surface area contributed by atoms with Gasteiger partial charge in [0.05, 0.1) is 0 Å². The highest BCUT2D eigenvalue weighted by Gasteiger charge is 2.49. The predicted octanol–water partition coefficient (Wildman–Crippen LogP) is 1.16. The lowest BCUT2D eigenvalue weighted by atomic mass is 9.72. The third kappa shape index (κ3) is 1.38. The molecule has 1 amide bonds. The highest BCUT2D eigenvalue weighted by Crippen LogP contribution is 2.42. The fraction of sp³-hybridized carbons (Fsp3) is 0.600. The van der Waals surface area contributed by atoms with E-state index < -0.39 is 18.1 Å². The summed E-state index contributed by atoms with van der Waals surface area (Å²) >= 11 is 0. The van der Waals surface area contributed by atoms with Crippen LogP contribution >= 0.6 is 0 Å². The van der Waals surface area contributed by atoms with Crippen molar-refractivity contribution in [3.05, 3.63) is 12.2 Å². The molecule has 3 atom stereocenters. The molecule has 2 N–H and O–H groups in total. The quantitative estimate of drug-likeness (QED) is 0.638. The molecule has 0 aromatic heterocycles. The normalized spacial score (nSPS) is 34.3. The molecule has 2 bridgehead atoms. The number of carboxylic acids is 1. The van der Waals surface area contributed by atoms with Gasteiger partial charge in [-0.2, -0.15) is 0 Å². The van der Waals surface area contributed by atoms with Crippen LogP contribution in [0.1, 0.15) is 19.3 Å². The van der Waals surface area contributed by atoms with Crippen LogP contribution in [0.25, 0.3) is 0 Å². The van der Waals surface area contributed by atoms with E-state index >= 15 is 0 Å². The standard InChI is InChI=1S/C10H13NO4/c1-5-4-6-2-3-7(5)8(9(12)13)11(6)10(14)15/h6-8H,1-4H2,(H,12,13)(H,14,15)/t6-,7+,8-/m0/s1. The average Bonchev–Trinajstić information content (AvgIpc) is 2.16. The summed E-state index contributed by atoms with van der Waals surface area (Å²) < 4.78 is 0. The molecule has 0 aromatic rings. The van der Waals surface area contributed by atoms with Gasteiger partial charge in [-0.05, 0) is 19.3 Å². The second-order valence-electron chi connectivity index (χ2n) is 4.17. The van der Waals surface area contributed by atoms with E-state index in [9.17, 15) is 9.59 Å². The third-order valence-corrected chi connectivity index (χ3v) is 3.38. The van der Waals surface area contributed by atoms with Crippen molar-refractivity contribution in [2.75, 3.05) is 0 Å². The van der Waals surface area contributed by atoms with Gasteiger partial charge in [-0.1, -0.05) is 12.2 Å². The van der Waals surface area contributed by atoms with Crippen molar-refractivity contribution >= 4 is 12.1 Å². The van der Waals surface area contributed by atoms with E-state index in [0.717, 1.165) is 23.3 Å². The second-order valence-corrected chi connectivity index (χ2v) is 4.17. The summed E-state index contributed by atoms with van der Waals surface area (Å²) in [6, 6.07) is -1.12. The van der Waals surface area contributed by atoms with E-state index in [0.29, 0.717) is 6.42 Å². The van der Waals surface area contributed by atoms with Crippen LogP contribution in [0.4, 0.5) is 4.79 Å². The van der Waals surface area contributed by atoms with Crippen LogP contribution in [0.15, 0.2) is 12.2 Å². The first-order valence-electron chi connectivity index (χ1n) is 4.94. The van der Waals surface area contributed by atoms with E-state index in [-0.39, 0.29) is 12.0 Å². The van der Waals surface area contributed by atoms with Crippen molar-refractivity contribution in [3.63, 3.8) is 0 Å². The number of piperidine rings is 2. The van der Waals surface area contributed by atoms with Crippen LogP contribution in [0, 0.1) is 5.92 Å². The molecule has 0 spiro atoms. The van der Waals surface area contributed by atoms with Crippen LogP contribution in [0.2, 0.25) is 0 Å². The summed E-state index contributed by atoms with van der Waals surface area (Å²) in [6.45, 7) is 3.84. The van der Waals surface area contributed by atoms with Gasteiger partial charge in [0, 0.05) is 12.0 Å². The van der Waals surface area contributed by atoms with Crippen molar-refractivity contribution < 1.29 is 19.8 Å². The van der Waals surface area contributed by atoms with E-state index in [2.05, 4.69) is 6.58 Å². The Balaban J connectivity index is 2.35. The maximum atomic E-state index is 11.1. The summed E-state index contributed by atoms with van der Waals surface area (Å²) in [6.07, 6.45) is 0.967. The number of nitrogens with zero attached hydrogens (tertiary/aromatic N) is 1. The van der Waals surface area contributed by atoms with Crippen LogP contribution in [-0.4, -0.2) is 39.3 Å². The highest BCUT2D eigenvalue weighted by molar-refractivity contribution is 5.81. The second kappa shape index (κ2) is 3.25. The first kappa shape index (κ1) is 10.0. The monoisotopic (exact) mass is 211 g/mol. The van der Waals surface area contributed by atoms with Gasteiger partial charge < -0.3 is 10.2 Å². The van der Waals surface area contributed by atoms with E-state index in [4.69, 9.17) is 10.2 Å². The number of carboxylic acid groups (broad SMARTS) is 2. The maximum absolute atomic E-state index is 11.1. The Morgan fingerprint density at radius 3 is 2.47 bits per heavy atom. The zero-order chi connectivity index (χ0) is 11.2. The Kier molecular flexibility index (Phi) is 2.17. The summed E-state index contributed by atoms with van der Waals surface area (Å²) in [7, 11) is 0. The third-order valence-electron chi connectivity index (χ3n) is 3.38. The molecule has 3 rings (SSSR count). The zero-order valence-electron chi connectivity index (χ0n) is 8.22. The number of hydrogen-bond acceptors (Lipinski definition) is 2. The number of rotatable bonds is 1. The van der Waals surface area contributed by atoms with Gasteiger partial charge in [-0.25, -0.2) is 9.59 Å². The molecule has 2 aliphatic heterocycles. The summed E-state index contributed by atoms with van der Waals surface area (Å²) in [5, 5.41) is 18.1. The Bertz CT molecular complexity index is 338. The lowest BCUT2D eigenvalue weighted by Crippen LogP contribution is -2.60. The van der Waals surface area contributed by atoms with Crippen molar-refractivity contribution in [3.8, 4) is 0 Å². The van der Waals surface area contributed by atoms with Gasteiger partial charge in [-0.15, -0.1) is 0 Å². The molecule has 0 unspecified atom stereocenters. The first-order chi connectivity index (χ1) is 7.02. The number of fused-ring (bicyclic) bond motifs is 3. The van der Waals surface area contributed by atoms with Crippen LogP contribution < -0.4 is 0 Å². The molecule has 1 saturated carbocycles. The number of carbonyl (C=O) groups is 2. The van der Waals surface area contributed by atoms with Gasteiger partial charge in [0.2, 0.25) is 0 Å². The van der Waals surface area contributed by atoms with Gasteiger partial charge >= 0.3 is 12.1 Å². The smallest absolute Gasteiger partial charge is 0.408 e. The minimum atomic E-state index is -1.13. The molecule has 3 aliphatic rings. The molecule has 2 heterocycles.